The van der Waals surface area contributed by atoms with Crippen molar-refractivity contribution in [2.75, 3.05) is 12.9 Å². The van der Waals surface area contributed by atoms with E-state index in [0.29, 0.717) is 16.6 Å². The number of halogens is 1. The summed E-state index contributed by atoms with van der Waals surface area (Å²) in [6, 6.07) is 5.42. The van der Waals surface area contributed by atoms with E-state index in [-0.39, 0.29) is 0 Å². The number of hydrogen-bond acceptors (Lipinski definition) is 5. The molecule has 0 atom stereocenters. The van der Waals surface area contributed by atoms with Crippen LogP contribution in [0.4, 0.5) is 0 Å². The van der Waals surface area contributed by atoms with Crippen LogP contribution in [0.5, 0.6) is 5.75 Å². The molecule has 6 nitrogen and oxygen atoms in total. The first kappa shape index (κ1) is 16.9. The molecule has 0 aliphatic carbocycles. The smallest absolute Gasteiger partial charge is 0.208 e. The molecule has 1 aromatic carbocycles. The lowest BCUT2D eigenvalue weighted by atomic mass is 10.2. The summed E-state index contributed by atoms with van der Waals surface area (Å²) in [7, 11) is 3.55. The highest BCUT2D eigenvalue weighted by atomic mass is 35.5. The molecular weight excluding hydrogens is 346 g/mol. The summed E-state index contributed by atoms with van der Waals surface area (Å²) in [5, 5.41) is 12.7. The molecule has 2 aromatic heterocycles. The van der Waals surface area contributed by atoms with Crippen LogP contribution in [-0.4, -0.2) is 37.8 Å². The van der Waals surface area contributed by atoms with Gasteiger partial charge in [-0.25, -0.2) is 4.98 Å². The SMILES string of the molecule is COc1ccc(Cl)cc1-c1nc(SCCCc2cnn(C)c2)n[nH]1. The van der Waals surface area contributed by atoms with Crippen molar-refractivity contribution in [3.63, 3.8) is 0 Å². The van der Waals surface area contributed by atoms with E-state index in [1.807, 2.05) is 36.3 Å². The quantitative estimate of drug-likeness (QED) is 0.513. The van der Waals surface area contributed by atoms with Gasteiger partial charge in [0.1, 0.15) is 5.75 Å². The van der Waals surface area contributed by atoms with Crippen molar-refractivity contribution in [2.45, 2.75) is 18.0 Å². The molecule has 126 valence electrons. The lowest BCUT2D eigenvalue weighted by Crippen LogP contribution is -1.89. The fraction of sp³-hybridized carbons (Fsp3) is 0.312. The van der Waals surface area contributed by atoms with Gasteiger partial charge in [0.15, 0.2) is 5.82 Å². The van der Waals surface area contributed by atoms with Crippen molar-refractivity contribution in [3.05, 3.63) is 41.2 Å². The molecule has 3 aromatic rings. The molecule has 8 heteroatoms. The molecule has 0 radical (unpaired) electrons. The summed E-state index contributed by atoms with van der Waals surface area (Å²) in [6.07, 6.45) is 5.99. The number of aromatic nitrogens is 5. The van der Waals surface area contributed by atoms with E-state index in [1.54, 1.807) is 24.9 Å². The molecule has 0 bridgehead atoms. The van der Waals surface area contributed by atoms with Crippen molar-refractivity contribution >= 4 is 23.4 Å². The van der Waals surface area contributed by atoms with E-state index in [1.165, 1.54) is 5.56 Å². The molecule has 0 saturated carbocycles. The van der Waals surface area contributed by atoms with Gasteiger partial charge in [0, 0.05) is 24.0 Å². The van der Waals surface area contributed by atoms with Crippen molar-refractivity contribution < 1.29 is 4.74 Å². The second-order valence-corrected chi connectivity index (χ2v) is 6.78. The number of aromatic amines is 1. The number of benzene rings is 1. The largest absolute Gasteiger partial charge is 0.496 e. The molecule has 0 spiro atoms. The number of rotatable bonds is 7. The Morgan fingerprint density at radius 1 is 1.38 bits per heavy atom. The van der Waals surface area contributed by atoms with Crippen molar-refractivity contribution in [2.24, 2.45) is 7.05 Å². The number of nitrogens with zero attached hydrogens (tertiary/aromatic N) is 4. The van der Waals surface area contributed by atoms with E-state index in [4.69, 9.17) is 16.3 Å². The standard InChI is InChI=1S/C16H18ClN5OS/c1-22-10-11(9-18-22)4-3-7-24-16-19-15(20-21-16)13-8-12(17)5-6-14(13)23-2/h5-6,8-10H,3-4,7H2,1-2H3,(H,19,20,21). The Hall–Kier alpha value is -1.99. The molecule has 0 aliphatic heterocycles. The molecule has 24 heavy (non-hydrogen) atoms. The van der Waals surface area contributed by atoms with E-state index >= 15 is 0 Å². The molecule has 0 unspecified atom stereocenters. The molecule has 0 fully saturated rings. The predicted octanol–water partition coefficient (Wildman–Crippen LogP) is 3.59. The van der Waals surface area contributed by atoms with Gasteiger partial charge in [0.25, 0.3) is 0 Å². The Labute approximate surface area is 149 Å². The third-order valence-corrected chi connectivity index (χ3v) is 4.65. The van der Waals surface area contributed by atoms with Crippen LogP contribution in [0.1, 0.15) is 12.0 Å². The van der Waals surface area contributed by atoms with Gasteiger partial charge in [-0.15, -0.1) is 5.10 Å². The summed E-state index contributed by atoms with van der Waals surface area (Å²) in [5.74, 6) is 2.31. The molecular formula is C16H18ClN5OS. The van der Waals surface area contributed by atoms with Gasteiger partial charge < -0.3 is 4.74 Å². The van der Waals surface area contributed by atoms with Crippen LogP contribution >= 0.6 is 23.4 Å². The average Bonchev–Trinajstić information content (AvgIpc) is 3.20. The zero-order chi connectivity index (χ0) is 16.9. The van der Waals surface area contributed by atoms with E-state index in [9.17, 15) is 0 Å². The number of aryl methyl sites for hydroxylation is 2. The Morgan fingerprint density at radius 3 is 3.00 bits per heavy atom. The molecule has 1 N–H and O–H groups in total. The minimum Gasteiger partial charge on any atom is -0.496 e. The third-order valence-electron chi connectivity index (χ3n) is 3.48. The second kappa shape index (κ2) is 7.72. The number of nitrogens with one attached hydrogen (secondary N) is 1. The van der Waals surface area contributed by atoms with Crippen molar-refractivity contribution in [1.29, 1.82) is 0 Å². The molecule has 0 saturated heterocycles. The second-order valence-electron chi connectivity index (χ2n) is 5.29. The lowest BCUT2D eigenvalue weighted by molar-refractivity contribution is 0.416. The summed E-state index contributed by atoms with van der Waals surface area (Å²) in [6.45, 7) is 0. The summed E-state index contributed by atoms with van der Waals surface area (Å²) < 4.78 is 7.17. The third kappa shape index (κ3) is 4.10. The monoisotopic (exact) mass is 363 g/mol. The molecule has 3 rings (SSSR count). The molecule has 2 heterocycles. The number of H-pyrrole nitrogens is 1. The van der Waals surface area contributed by atoms with Gasteiger partial charge in [-0.1, -0.05) is 23.4 Å². The van der Waals surface area contributed by atoms with Crippen LogP contribution in [0, 0.1) is 0 Å². The van der Waals surface area contributed by atoms with Gasteiger partial charge in [-0.2, -0.15) is 5.10 Å². The van der Waals surface area contributed by atoms with E-state index in [2.05, 4.69) is 20.3 Å². The van der Waals surface area contributed by atoms with Gasteiger partial charge in [-0.05, 0) is 36.6 Å². The van der Waals surface area contributed by atoms with Crippen LogP contribution in [0.25, 0.3) is 11.4 Å². The Balaban J connectivity index is 1.58. The topological polar surface area (TPSA) is 68.6 Å². The maximum absolute atomic E-state index is 6.06. The van der Waals surface area contributed by atoms with E-state index in [0.717, 1.165) is 29.3 Å². The minimum absolute atomic E-state index is 0.632. The van der Waals surface area contributed by atoms with Gasteiger partial charge in [-0.3, -0.25) is 9.78 Å². The zero-order valence-electron chi connectivity index (χ0n) is 13.5. The summed E-state index contributed by atoms with van der Waals surface area (Å²) in [4.78, 5) is 4.52. The van der Waals surface area contributed by atoms with Gasteiger partial charge in [0.2, 0.25) is 5.16 Å². The molecule has 0 aliphatic rings. The maximum atomic E-state index is 6.06. The number of ether oxygens (including phenoxy) is 1. The van der Waals surface area contributed by atoms with Crippen LogP contribution in [0.2, 0.25) is 5.02 Å². The highest BCUT2D eigenvalue weighted by molar-refractivity contribution is 7.99. The van der Waals surface area contributed by atoms with Crippen molar-refractivity contribution in [3.8, 4) is 17.1 Å². The van der Waals surface area contributed by atoms with Crippen LogP contribution < -0.4 is 4.74 Å². The normalized spacial score (nSPS) is 11.0. The zero-order valence-corrected chi connectivity index (χ0v) is 15.1. The van der Waals surface area contributed by atoms with Crippen molar-refractivity contribution in [1.82, 2.24) is 25.0 Å². The number of methoxy groups -OCH3 is 1. The van der Waals surface area contributed by atoms with Crippen LogP contribution in [0.3, 0.4) is 0 Å². The lowest BCUT2D eigenvalue weighted by Gasteiger charge is -2.05. The summed E-state index contributed by atoms with van der Waals surface area (Å²) >= 11 is 7.69. The van der Waals surface area contributed by atoms with Gasteiger partial charge >= 0.3 is 0 Å². The van der Waals surface area contributed by atoms with E-state index < -0.39 is 0 Å². The van der Waals surface area contributed by atoms with Crippen LogP contribution in [-0.2, 0) is 13.5 Å². The Bertz CT molecular complexity index is 816. The number of thioether (sulfide) groups is 1. The minimum atomic E-state index is 0.632. The van der Waals surface area contributed by atoms with Gasteiger partial charge in [0.05, 0.1) is 18.9 Å². The Kier molecular flexibility index (Phi) is 5.42. The fourth-order valence-corrected chi connectivity index (χ4v) is 3.25. The summed E-state index contributed by atoms with van der Waals surface area (Å²) in [5.41, 5.74) is 2.05. The van der Waals surface area contributed by atoms with Crippen LogP contribution in [0.15, 0.2) is 35.7 Å². The predicted molar refractivity (Wildman–Crippen MR) is 95.6 cm³/mol. The molecule has 0 amide bonds. The first-order valence-electron chi connectivity index (χ1n) is 7.52. The first-order chi connectivity index (χ1) is 11.7. The highest BCUT2D eigenvalue weighted by Gasteiger charge is 2.12. The first-order valence-corrected chi connectivity index (χ1v) is 8.88. The maximum Gasteiger partial charge on any atom is 0.208 e. The average molecular weight is 364 g/mol. The highest BCUT2D eigenvalue weighted by Crippen LogP contribution is 2.31. The number of hydrogen-bond donors (Lipinski definition) is 1. The Morgan fingerprint density at radius 2 is 2.25 bits per heavy atom. The fourth-order valence-electron chi connectivity index (χ4n) is 2.34.